The highest BCUT2D eigenvalue weighted by Crippen LogP contribution is 2.35. The second-order valence-electron chi connectivity index (χ2n) is 8.10. The lowest BCUT2D eigenvalue weighted by molar-refractivity contribution is 0.0693. The second-order valence-corrected chi connectivity index (χ2v) is 8.10. The molecule has 0 saturated heterocycles. The van der Waals surface area contributed by atoms with Crippen molar-refractivity contribution < 1.29 is 29.3 Å². The van der Waals surface area contributed by atoms with Gasteiger partial charge in [0.2, 0.25) is 0 Å². The SMILES string of the molecule is CCN(CC)c1c(F)cc(/C(COc2ccc(C(=O)O)c(O)c2)=N/O)cc1C(C)(C)C. The average molecular weight is 432 g/mol. The van der Waals surface area contributed by atoms with E-state index >= 15 is 4.39 Å². The standard InChI is InChI=1S/C23H29FN2O5/c1-6-26(7-2)21-17(23(3,4)5)10-14(11-18(21)24)19(25-30)13-31-15-8-9-16(22(28)29)20(27)12-15/h8-12,27,30H,6-7,13H2,1-5H3,(H,28,29)/b25-19+. The van der Waals surface area contributed by atoms with E-state index in [2.05, 4.69) is 5.16 Å². The summed E-state index contributed by atoms with van der Waals surface area (Å²) in [4.78, 5) is 12.9. The fraction of sp³-hybridized carbons (Fsp3) is 0.391. The minimum absolute atomic E-state index is 0.0947. The number of nitrogens with zero attached hydrogens (tertiary/aromatic N) is 2. The van der Waals surface area contributed by atoms with Crippen LogP contribution in [0.1, 0.15) is 56.1 Å². The molecule has 3 N–H and O–H groups in total. The highest BCUT2D eigenvalue weighted by molar-refractivity contribution is 6.02. The molecule has 0 aliphatic carbocycles. The maximum atomic E-state index is 15.2. The van der Waals surface area contributed by atoms with Gasteiger partial charge in [0.05, 0.1) is 5.69 Å². The van der Waals surface area contributed by atoms with Crippen LogP contribution in [0.25, 0.3) is 0 Å². The van der Waals surface area contributed by atoms with Gasteiger partial charge >= 0.3 is 5.97 Å². The minimum atomic E-state index is -1.26. The highest BCUT2D eigenvalue weighted by atomic mass is 19.1. The van der Waals surface area contributed by atoms with E-state index in [4.69, 9.17) is 9.84 Å². The van der Waals surface area contributed by atoms with Crippen LogP contribution >= 0.6 is 0 Å². The number of phenols is 1. The summed E-state index contributed by atoms with van der Waals surface area (Å²) in [5.74, 6) is -1.95. The first kappa shape index (κ1) is 24.0. The van der Waals surface area contributed by atoms with Gasteiger partial charge in [-0.2, -0.15) is 0 Å². The van der Waals surface area contributed by atoms with Crippen LogP contribution in [0, 0.1) is 5.82 Å². The Hall–Kier alpha value is -3.29. The van der Waals surface area contributed by atoms with Gasteiger partial charge in [-0.25, -0.2) is 9.18 Å². The van der Waals surface area contributed by atoms with Gasteiger partial charge in [-0.1, -0.05) is 25.9 Å². The van der Waals surface area contributed by atoms with Crippen molar-refractivity contribution in [1.29, 1.82) is 0 Å². The zero-order valence-corrected chi connectivity index (χ0v) is 18.4. The van der Waals surface area contributed by atoms with Crippen LogP contribution in [0.2, 0.25) is 0 Å². The van der Waals surface area contributed by atoms with E-state index in [9.17, 15) is 15.1 Å². The largest absolute Gasteiger partial charge is 0.507 e. The summed E-state index contributed by atoms with van der Waals surface area (Å²) in [6.07, 6.45) is 0. The number of oxime groups is 1. The van der Waals surface area contributed by atoms with E-state index in [0.29, 0.717) is 24.3 Å². The number of halogens is 1. The van der Waals surface area contributed by atoms with Gasteiger partial charge in [-0.05, 0) is 49.1 Å². The van der Waals surface area contributed by atoms with Gasteiger partial charge < -0.3 is 25.1 Å². The molecule has 2 aromatic carbocycles. The summed E-state index contributed by atoms with van der Waals surface area (Å²) in [6.45, 7) is 11.0. The Labute approximate surface area is 181 Å². The zero-order chi connectivity index (χ0) is 23.3. The Morgan fingerprint density at radius 2 is 1.81 bits per heavy atom. The van der Waals surface area contributed by atoms with E-state index < -0.39 is 17.5 Å². The molecule has 0 saturated carbocycles. The molecule has 0 aromatic heterocycles. The number of rotatable bonds is 8. The van der Waals surface area contributed by atoms with Crippen molar-refractivity contribution in [2.24, 2.45) is 5.16 Å². The lowest BCUT2D eigenvalue weighted by Gasteiger charge is -2.31. The molecule has 0 atom stereocenters. The summed E-state index contributed by atoms with van der Waals surface area (Å²) in [6, 6.07) is 6.84. The zero-order valence-electron chi connectivity index (χ0n) is 18.4. The Kier molecular flexibility index (Phi) is 7.49. The Balaban J connectivity index is 2.38. The van der Waals surface area contributed by atoms with Crippen LogP contribution < -0.4 is 9.64 Å². The smallest absolute Gasteiger partial charge is 0.339 e. The number of aromatic carboxylic acids is 1. The van der Waals surface area contributed by atoms with E-state index in [-0.39, 0.29) is 29.0 Å². The van der Waals surface area contributed by atoms with Gasteiger partial charge in [-0.15, -0.1) is 0 Å². The van der Waals surface area contributed by atoms with Gasteiger partial charge in [-0.3, -0.25) is 0 Å². The molecule has 0 aliphatic rings. The van der Waals surface area contributed by atoms with Gasteiger partial charge in [0.1, 0.15) is 35.2 Å². The quantitative estimate of drug-likeness (QED) is 0.319. The molecule has 2 rings (SSSR count). The number of benzene rings is 2. The number of ether oxygens (including phenoxy) is 1. The third-order valence-electron chi connectivity index (χ3n) is 4.98. The molecule has 0 radical (unpaired) electrons. The van der Waals surface area contributed by atoms with Crippen molar-refractivity contribution in [3.05, 3.63) is 52.8 Å². The second kappa shape index (κ2) is 9.68. The Bertz CT molecular complexity index is 979. The third-order valence-corrected chi connectivity index (χ3v) is 4.98. The van der Waals surface area contributed by atoms with E-state index in [1.807, 2.05) is 39.5 Å². The van der Waals surface area contributed by atoms with Gasteiger partial charge in [0, 0.05) is 24.7 Å². The normalized spacial score (nSPS) is 12.0. The molecule has 0 unspecified atom stereocenters. The summed E-state index contributed by atoms with van der Waals surface area (Å²) in [7, 11) is 0. The van der Waals surface area contributed by atoms with Crippen LogP contribution in [0.5, 0.6) is 11.5 Å². The summed E-state index contributed by atoms with van der Waals surface area (Å²) in [5, 5.41) is 31.6. The molecule has 0 fully saturated rings. The molecule has 168 valence electrons. The summed E-state index contributed by atoms with van der Waals surface area (Å²) >= 11 is 0. The molecule has 31 heavy (non-hydrogen) atoms. The fourth-order valence-corrected chi connectivity index (χ4v) is 3.30. The number of carboxylic acid groups (broad SMARTS) is 1. The predicted molar refractivity (Wildman–Crippen MR) is 118 cm³/mol. The van der Waals surface area contributed by atoms with E-state index in [0.717, 1.165) is 11.6 Å². The number of hydrogen-bond acceptors (Lipinski definition) is 6. The molecular weight excluding hydrogens is 403 g/mol. The average Bonchev–Trinajstić information content (AvgIpc) is 2.69. The van der Waals surface area contributed by atoms with E-state index in [1.54, 1.807) is 6.07 Å². The maximum absolute atomic E-state index is 15.2. The molecule has 0 bridgehead atoms. The highest BCUT2D eigenvalue weighted by Gasteiger charge is 2.26. The van der Waals surface area contributed by atoms with Crippen LogP contribution in [-0.4, -0.2) is 46.8 Å². The van der Waals surface area contributed by atoms with Crippen molar-refractivity contribution in [3.63, 3.8) is 0 Å². The van der Waals surface area contributed by atoms with Crippen LogP contribution in [0.3, 0.4) is 0 Å². The van der Waals surface area contributed by atoms with Crippen LogP contribution in [-0.2, 0) is 5.41 Å². The van der Waals surface area contributed by atoms with Gasteiger partial charge in [0.15, 0.2) is 0 Å². The predicted octanol–water partition coefficient (Wildman–Crippen LogP) is 4.63. The first-order chi connectivity index (χ1) is 14.5. The lowest BCUT2D eigenvalue weighted by Crippen LogP contribution is -2.28. The number of carboxylic acids is 1. The number of carbonyl (C=O) groups is 1. The molecular formula is C23H29FN2O5. The van der Waals surface area contributed by atoms with Crippen molar-refractivity contribution in [3.8, 4) is 11.5 Å². The van der Waals surface area contributed by atoms with Crippen molar-refractivity contribution in [2.45, 2.75) is 40.0 Å². The van der Waals surface area contributed by atoms with Crippen molar-refractivity contribution >= 4 is 17.4 Å². The molecule has 0 amide bonds. The molecule has 0 aliphatic heterocycles. The molecule has 2 aromatic rings. The first-order valence-electron chi connectivity index (χ1n) is 10.0. The number of aromatic hydroxyl groups is 1. The Morgan fingerprint density at radius 1 is 1.16 bits per heavy atom. The van der Waals surface area contributed by atoms with E-state index in [1.165, 1.54) is 18.2 Å². The third kappa shape index (κ3) is 5.45. The van der Waals surface area contributed by atoms with Gasteiger partial charge in [0.25, 0.3) is 0 Å². The minimum Gasteiger partial charge on any atom is -0.507 e. The van der Waals surface area contributed by atoms with Crippen molar-refractivity contribution in [2.75, 3.05) is 24.6 Å². The van der Waals surface area contributed by atoms with Crippen molar-refractivity contribution in [1.82, 2.24) is 0 Å². The fourth-order valence-electron chi connectivity index (χ4n) is 3.30. The summed E-state index contributed by atoms with van der Waals surface area (Å²) < 4.78 is 20.7. The number of hydrogen-bond donors (Lipinski definition) is 3. The maximum Gasteiger partial charge on any atom is 0.339 e. The lowest BCUT2D eigenvalue weighted by atomic mass is 9.83. The molecule has 0 heterocycles. The number of anilines is 1. The molecule has 8 heteroatoms. The topological polar surface area (TPSA) is 103 Å². The molecule has 0 spiro atoms. The monoisotopic (exact) mass is 432 g/mol. The molecule has 7 nitrogen and oxygen atoms in total. The first-order valence-corrected chi connectivity index (χ1v) is 10.0. The van der Waals surface area contributed by atoms with Crippen LogP contribution in [0.15, 0.2) is 35.5 Å². The Morgan fingerprint density at radius 3 is 2.29 bits per heavy atom. The summed E-state index contributed by atoms with van der Waals surface area (Å²) in [5.41, 5.74) is 1.13. The van der Waals surface area contributed by atoms with Crippen LogP contribution in [0.4, 0.5) is 10.1 Å².